The number of hydrogen-bond donors (Lipinski definition) is 1. The van der Waals surface area contributed by atoms with E-state index in [0.29, 0.717) is 11.8 Å². The number of sulfonamides is 1. The lowest BCUT2D eigenvalue weighted by atomic mass is 9.72. The van der Waals surface area contributed by atoms with Gasteiger partial charge < -0.3 is 0 Å². The van der Waals surface area contributed by atoms with Gasteiger partial charge in [-0.3, -0.25) is 0 Å². The van der Waals surface area contributed by atoms with Gasteiger partial charge in [-0.1, -0.05) is 29.8 Å². The van der Waals surface area contributed by atoms with Gasteiger partial charge in [-0.2, -0.15) is 13.5 Å². The molecule has 2 aliphatic rings. The Morgan fingerprint density at radius 1 is 1.14 bits per heavy atom. The fourth-order valence-corrected chi connectivity index (χ4v) is 4.19. The number of rotatable bonds is 3. The molecule has 1 saturated carbocycles. The fourth-order valence-electron chi connectivity index (χ4n) is 3.36. The summed E-state index contributed by atoms with van der Waals surface area (Å²) in [5.41, 5.74) is 2.05. The predicted octanol–water partition coefficient (Wildman–Crippen LogP) is 3.40. The number of hydrogen-bond acceptors (Lipinski definition) is 3. The molecule has 0 heterocycles. The van der Waals surface area contributed by atoms with Crippen LogP contribution in [0.25, 0.3) is 0 Å². The zero-order valence-electron chi connectivity index (χ0n) is 12.8. The molecule has 5 heteroatoms. The molecule has 2 unspecified atom stereocenters. The summed E-state index contributed by atoms with van der Waals surface area (Å²) in [7, 11) is -3.57. The zero-order chi connectivity index (χ0) is 15.6. The van der Waals surface area contributed by atoms with Crippen molar-refractivity contribution < 1.29 is 8.42 Å². The van der Waals surface area contributed by atoms with Crippen molar-refractivity contribution in [3.8, 4) is 0 Å². The van der Waals surface area contributed by atoms with Crippen LogP contribution >= 0.6 is 0 Å². The number of fused-ring (bicyclic) bond motifs is 1. The largest absolute Gasteiger partial charge is 0.276 e. The van der Waals surface area contributed by atoms with Crippen molar-refractivity contribution in [3.63, 3.8) is 0 Å². The van der Waals surface area contributed by atoms with Crippen molar-refractivity contribution >= 4 is 15.7 Å². The van der Waals surface area contributed by atoms with Crippen molar-refractivity contribution in [3.05, 3.63) is 42.0 Å². The second kappa shape index (κ2) is 6.24. The van der Waals surface area contributed by atoms with Crippen molar-refractivity contribution in [1.82, 2.24) is 4.83 Å². The normalized spacial score (nSPS) is 26.7. The molecule has 4 nitrogen and oxygen atoms in total. The maximum atomic E-state index is 12.3. The molecule has 1 fully saturated rings. The molecule has 0 amide bonds. The van der Waals surface area contributed by atoms with E-state index in [1.54, 1.807) is 24.3 Å². The Labute approximate surface area is 132 Å². The first-order valence-corrected chi connectivity index (χ1v) is 9.34. The number of benzene rings is 1. The van der Waals surface area contributed by atoms with Crippen LogP contribution in [0.3, 0.4) is 0 Å². The first-order valence-electron chi connectivity index (χ1n) is 7.86. The van der Waals surface area contributed by atoms with E-state index in [1.165, 1.54) is 6.42 Å². The molecule has 3 rings (SSSR count). The molecule has 0 spiro atoms. The second-order valence-electron chi connectivity index (χ2n) is 6.21. The van der Waals surface area contributed by atoms with Gasteiger partial charge in [0.15, 0.2) is 0 Å². The summed E-state index contributed by atoms with van der Waals surface area (Å²) in [5, 5.41) is 4.28. The first kappa shape index (κ1) is 15.3. The maximum absolute atomic E-state index is 12.3. The number of allylic oxidation sites excluding steroid dienone is 2. The summed E-state index contributed by atoms with van der Waals surface area (Å²) in [4.78, 5) is 2.70. The number of aryl methyl sites for hydroxylation is 1. The monoisotopic (exact) mass is 318 g/mol. The topological polar surface area (TPSA) is 58.5 Å². The van der Waals surface area contributed by atoms with Crippen LogP contribution in [0.4, 0.5) is 0 Å². The van der Waals surface area contributed by atoms with E-state index in [0.717, 1.165) is 37.0 Å². The molecule has 0 aliphatic heterocycles. The summed E-state index contributed by atoms with van der Waals surface area (Å²) >= 11 is 0. The van der Waals surface area contributed by atoms with Crippen LogP contribution in [0, 0.1) is 18.8 Å². The van der Waals surface area contributed by atoms with Gasteiger partial charge in [0, 0.05) is 11.6 Å². The zero-order valence-corrected chi connectivity index (χ0v) is 13.6. The summed E-state index contributed by atoms with van der Waals surface area (Å²) < 4.78 is 24.6. The average molecular weight is 318 g/mol. The highest BCUT2D eigenvalue weighted by Crippen LogP contribution is 2.36. The van der Waals surface area contributed by atoms with Gasteiger partial charge in [-0.25, -0.2) is 4.83 Å². The van der Waals surface area contributed by atoms with E-state index < -0.39 is 10.0 Å². The SMILES string of the molecule is Cc1ccc(S(=O)(=O)NN=C2CCCC3CC=CCC23)cc1. The van der Waals surface area contributed by atoms with Gasteiger partial charge in [0.05, 0.1) is 4.90 Å². The van der Waals surface area contributed by atoms with Crippen LogP contribution in [0.1, 0.15) is 37.7 Å². The van der Waals surface area contributed by atoms with Crippen LogP contribution in [-0.4, -0.2) is 14.1 Å². The van der Waals surface area contributed by atoms with Gasteiger partial charge >= 0.3 is 0 Å². The molecule has 118 valence electrons. The van der Waals surface area contributed by atoms with Gasteiger partial charge in [-0.15, -0.1) is 0 Å². The first-order chi connectivity index (χ1) is 10.6. The molecule has 0 bridgehead atoms. The Morgan fingerprint density at radius 2 is 1.86 bits per heavy atom. The molecular weight excluding hydrogens is 296 g/mol. The van der Waals surface area contributed by atoms with Crippen LogP contribution in [0.15, 0.2) is 46.4 Å². The molecule has 2 atom stereocenters. The Balaban J connectivity index is 1.77. The fraction of sp³-hybridized carbons (Fsp3) is 0.471. The van der Waals surface area contributed by atoms with Crippen molar-refractivity contribution in [1.29, 1.82) is 0 Å². The van der Waals surface area contributed by atoms with Crippen molar-refractivity contribution in [2.24, 2.45) is 16.9 Å². The van der Waals surface area contributed by atoms with Crippen LogP contribution < -0.4 is 4.83 Å². The third-order valence-electron chi connectivity index (χ3n) is 4.64. The molecule has 1 aromatic carbocycles. The van der Waals surface area contributed by atoms with Gasteiger partial charge in [0.2, 0.25) is 0 Å². The van der Waals surface area contributed by atoms with Gasteiger partial charge in [0.25, 0.3) is 10.0 Å². The molecule has 2 aliphatic carbocycles. The highest BCUT2D eigenvalue weighted by atomic mass is 32.2. The lowest BCUT2D eigenvalue weighted by Crippen LogP contribution is -2.32. The highest BCUT2D eigenvalue weighted by molar-refractivity contribution is 7.89. The number of nitrogens with one attached hydrogen (secondary N) is 1. The summed E-state index contributed by atoms with van der Waals surface area (Å²) in [5.74, 6) is 1.03. The lowest BCUT2D eigenvalue weighted by molar-refractivity contribution is 0.343. The average Bonchev–Trinajstić information content (AvgIpc) is 2.53. The second-order valence-corrected chi connectivity index (χ2v) is 7.87. The van der Waals surface area contributed by atoms with Crippen molar-refractivity contribution in [2.75, 3.05) is 0 Å². The minimum Gasteiger partial charge on any atom is -0.200 e. The minimum absolute atomic E-state index is 0.262. The van der Waals surface area contributed by atoms with E-state index in [1.807, 2.05) is 6.92 Å². The van der Waals surface area contributed by atoms with Gasteiger partial charge in [0.1, 0.15) is 0 Å². The third kappa shape index (κ3) is 3.24. The summed E-state index contributed by atoms with van der Waals surface area (Å²) in [6.45, 7) is 1.93. The minimum atomic E-state index is -3.57. The van der Waals surface area contributed by atoms with E-state index >= 15 is 0 Å². The van der Waals surface area contributed by atoms with E-state index in [4.69, 9.17) is 0 Å². The predicted molar refractivity (Wildman–Crippen MR) is 88.1 cm³/mol. The Morgan fingerprint density at radius 3 is 2.64 bits per heavy atom. The van der Waals surface area contributed by atoms with Crippen LogP contribution in [-0.2, 0) is 10.0 Å². The molecule has 0 aromatic heterocycles. The smallest absolute Gasteiger partial charge is 0.200 e. The molecule has 0 radical (unpaired) electrons. The quantitative estimate of drug-likeness (QED) is 0.686. The van der Waals surface area contributed by atoms with Crippen LogP contribution in [0.5, 0.6) is 0 Å². The maximum Gasteiger partial charge on any atom is 0.276 e. The Bertz CT molecular complexity index is 690. The van der Waals surface area contributed by atoms with E-state index in [9.17, 15) is 8.42 Å². The van der Waals surface area contributed by atoms with Crippen LogP contribution in [0.2, 0.25) is 0 Å². The molecular formula is C17H22N2O2S. The summed E-state index contributed by atoms with van der Waals surface area (Å²) in [6, 6.07) is 6.82. The van der Waals surface area contributed by atoms with E-state index in [-0.39, 0.29) is 4.90 Å². The van der Waals surface area contributed by atoms with Crippen molar-refractivity contribution in [2.45, 2.75) is 43.9 Å². The highest BCUT2D eigenvalue weighted by Gasteiger charge is 2.30. The Hall–Kier alpha value is -1.62. The third-order valence-corrected chi connectivity index (χ3v) is 5.87. The van der Waals surface area contributed by atoms with E-state index in [2.05, 4.69) is 22.1 Å². The molecule has 1 aromatic rings. The summed E-state index contributed by atoms with van der Waals surface area (Å²) in [6.07, 6.45) is 9.71. The molecule has 0 saturated heterocycles. The lowest BCUT2D eigenvalue weighted by Gasteiger charge is -2.33. The number of nitrogens with zero attached hydrogens (tertiary/aromatic N) is 1. The molecule has 1 N–H and O–H groups in total. The Kier molecular flexibility index (Phi) is 4.34. The number of hydrazone groups is 1. The van der Waals surface area contributed by atoms with Gasteiger partial charge in [-0.05, 0) is 57.1 Å². The standard InChI is InChI=1S/C17H22N2O2S/c1-13-9-11-15(12-10-13)22(20,21)19-18-17-8-4-6-14-5-2-3-7-16(14)17/h2-3,9-12,14,16,19H,4-8H2,1H3. The molecule has 22 heavy (non-hydrogen) atoms.